The number of hydrogen-bond acceptors (Lipinski definition) is 4. The van der Waals surface area contributed by atoms with E-state index in [0.29, 0.717) is 13.1 Å². The number of carbonyl (C=O) groups is 1. The van der Waals surface area contributed by atoms with Crippen LogP contribution in [0.2, 0.25) is 0 Å². The van der Waals surface area contributed by atoms with Gasteiger partial charge in [-0.3, -0.25) is 9.48 Å². The van der Waals surface area contributed by atoms with Gasteiger partial charge in [-0.2, -0.15) is 0 Å². The molecule has 1 saturated heterocycles. The Kier molecular flexibility index (Phi) is 5.32. The van der Waals surface area contributed by atoms with Gasteiger partial charge >= 0.3 is 0 Å². The van der Waals surface area contributed by atoms with Crippen molar-refractivity contribution in [2.75, 3.05) is 26.2 Å². The molecule has 6 nitrogen and oxygen atoms in total. The molecule has 0 bridgehead atoms. The third-order valence-electron chi connectivity index (χ3n) is 3.54. The van der Waals surface area contributed by atoms with E-state index in [1.54, 1.807) is 17.1 Å². The maximum Gasteiger partial charge on any atom is 0.224 e. The van der Waals surface area contributed by atoms with E-state index in [1.807, 2.05) is 6.92 Å². The Hall–Kier alpha value is -1.43. The van der Waals surface area contributed by atoms with Crippen molar-refractivity contribution in [1.29, 1.82) is 0 Å². The zero-order chi connectivity index (χ0) is 13.5. The highest BCUT2D eigenvalue weighted by molar-refractivity contribution is 5.78. The van der Waals surface area contributed by atoms with Crippen LogP contribution in [0, 0.1) is 5.92 Å². The largest absolute Gasteiger partial charge is 0.354 e. The van der Waals surface area contributed by atoms with Crippen molar-refractivity contribution in [3.63, 3.8) is 0 Å². The predicted molar refractivity (Wildman–Crippen MR) is 72.5 cm³/mol. The average Bonchev–Trinajstić information content (AvgIpc) is 2.93. The van der Waals surface area contributed by atoms with E-state index < -0.39 is 0 Å². The standard InChI is InChI=1S/C13H23N5O/c1-12(11-17-7-3-2-4-8-17)13(19)14-5-9-18-10-6-15-16-18/h6,10,12H,2-5,7-9,11H2,1H3,(H,14,19). The van der Waals surface area contributed by atoms with Gasteiger partial charge < -0.3 is 10.2 Å². The third kappa shape index (κ3) is 4.63. The molecule has 0 saturated carbocycles. The Labute approximate surface area is 114 Å². The van der Waals surface area contributed by atoms with Crippen molar-refractivity contribution in [3.8, 4) is 0 Å². The number of hydrogen-bond donors (Lipinski definition) is 1. The van der Waals surface area contributed by atoms with Gasteiger partial charge in [0.1, 0.15) is 0 Å². The monoisotopic (exact) mass is 265 g/mol. The maximum atomic E-state index is 12.0. The summed E-state index contributed by atoms with van der Waals surface area (Å²) in [5.41, 5.74) is 0. The summed E-state index contributed by atoms with van der Waals surface area (Å²) in [6.07, 6.45) is 7.29. The van der Waals surface area contributed by atoms with E-state index in [9.17, 15) is 4.79 Å². The third-order valence-corrected chi connectivity index (χ3v) is 3.54. The van der Waals surface area contributed by atoms with Crippen LogP contribution in [0.15, 0.2) is 12.4 Å². The van der Waals surface area contributed by atoms with E-state index in [-0.39, 0.29) is 11.8 Å². The highest BCUT2D eigenvalue weighted by Gasteiger charge is 2.18. The molecule has 1 aromatic heterocycles. The lowest BCUT2D eigenvalue weighted by Crippen LogP contribution is -2.40. The molecule has 2 rings (SSSR count). The fourth-order valence-electron chi connectivity index (χ4n) is 2.43. The number of nitrogens with zero attached hydrogens (tertiary/aromatic N) is 4. The van der Waals surface area contributed by atoms with Crippen LogP contribution in [0.1, 0.15) is 26.2 Å². The molecule has 0 spiro atoms. The average molecular weight is 265 g/mol. The summed E-state index contributed by atoms with van der Waals surface area (Å²) in [4.78, 5) is 14.4. The molecule has 0 radical (unpaired) electrons. The Morgan fingerprint density at radius 3 is 2.84 bits per heavy atom. The fourth-order valence-corrected chi connectivity index (χ4v) is 2.43. The van der Waals surface area contributed by atoms with Crippen molar-refractivity contribution < 1.29 is 4.79 Å². The number of nitrogens with one attached hydrogen (secondary N) is 1. The second-order valence-corrected chi connectivity index (χ2v) is 5.22. The summed E-state index contributed by atoms with van der Waals surface area (Å²) in [5, 5.41) is 10.5. The van der Waals surface area contributed by atoms with Gasteiger partial charge in [-0.1, -0.05) is 18.6 Å². The Bertz CT molecular complexity index is 372. The van der Waals surface area contributed by atoms with Crippen LogP contribution in [0.5, 0.6) is 0 Å². The molecule has 1 N–H and O–H groups in total. The van der Waals surface area contributed by atoms with Crippen LogP contribution in [0.4, 0.5) is 0 Å². The molecular formula is C13H23N5O. The minimum Gasteiger partial charge on any atom is -0.354 e. The molecule has 2 heterocycles. The minimum atomic E-state index is 0.0499. The van der Waals surface area contributed by atoms with Gasteiger partial charge in [0, 0.05) is 25.2 Å². The molecule has 0 aromatic carbocycles. The molecule has 1 aliphatic heterocycles. The zero-order valence-corrected chi connectivity index (χ0v) is 11.6. The van der Waals surface area contributed by atoms with Gasteiger partial charge in [-0.05, 0) is 25.9 Å². The van der Waals surface area contributed by atoms with Gasteiger partial charge in [-0.25, -0.2) is 0 Å². The fraction of sp³-hybridized carbons (Fsp3) is 0.769. The molecule has 1 amide bonds. The van der Waals surface area contributed by atoms with Crippen LogP contribution >= 0.6 is 0 Å². The van der Waals surface area contributed by atoms with Crippen LogP contribution < -0.4 is 5.32 Å². The van der Waals surface area contributed by atoms with Crippen molar-refractivity contribution in [2.24, 2.45) is 5.92 Å². The van der Waals surface area contributed by atoms with Gasteiger partial charge in [0.05, 0.1) is 12.7 Å². The normalized spacial score (nSPS) is 18.2. The van der Waals surface area contributed by atoms with Crippen molar-refractivity contribution in [3.05, 3.63) is 12.4 Å². The molecule has 1 aliphatic rings. The van der Waals surface area contributed by atoms with E-state index in [0.717, 1.165) is 19.6 Å². The molecule has 1 atom stereocenters. The van der Waals surface area contributed by atoms with Gasteiger partial charge in [0.15, 0.2) is 0 Å². The second-order valence-electron chi connectivity index (χ2n) is 5.22. The van der Waals surface area contributed by atoms with Crippen molar-refractivity contribution >= 4 is 5.91 Å². The first-order valence-corrected chi connectivity index (χ1v) is 7.10. The first-order chi connectivity index (χ1) is 9.25. The van der Waals surface area contributed by atoms with Crippen LogP contribution in [0.3, 0.4) is 0 Å². The summed E-state index contributed by atoms with van der Waals surface area (Å²) >= 11 is 0. The van der Waals surface area contributed by atoms with Gasteiger partial charge in [-0.15, -0.1) is 5.10 Å². The summed E-state index contributed by atoms with van der Waals surface area (Å²) < 4.78 is 1.72. The molecular weight excluding hydrogens is 242 g/mol. The highest BCUT2D eigenvalue weighted by atomic mass is 16.1. The van der Waals surface area contributed by atoms with Crippen LogP contribution in [-0.4, -0.2) is 52.0 Å². The molecule has 0 aliphatic carbocycles. The molecule has 19 heavy (non-hydrogen) atoms. The molecule has 1 unspecified atom stereocenters. The predicted octanol–water partition coefficient (Wildman–Crippen LogP) is 0.516. The van der Waals surface area contributed by atoms with Gasteiger partial charge in [0.2, 0.25) is 5.91 Å². The smallest absolute Gasteiger partial charge is 0.224 e. The van der Waals surface area contributed by atoms with Crippen molar-refractivity contribution in [1.82, 2.24) is 25.2 Å². The SMILES string of the molecule is CC(CN1CCCCC1)C(=O)NCCn1ccnn1. The van der Waals surface area contributed by atoms with Gasteiger partial charge in [0.25, 0.3) is 0 Å². The number of piperidine rings is 1. The Balaban J connectivity index is 1.64. The summed E-state index contributed by atoms with van der Waals surface area (Å²) in [6, 6.07) is 0. The lowest BCUT2D eigenvalue weighted by atomic mass is 10.1. The molecule has 106 valence electrons. The maximum absolute atomic E-state index is 12.0. The first kappa shape index (κ1) is 14.0. The zero-order valence-electron chi connectivity index (χ0n) is 11.6. The Morgan fingerprint density at radius 1 is 1.37 bits per heavy atom. The van der Waals surface area contributed by atoms with Crippen LogP contribution in [-0.2, 0) is 11.3 Å². The lowest BCUT2D eigenvalue weighted by molar-refractivity contribution is -0.125. The number of aromatic nitrogens is 3. The summed E-state index contributed by atoms with van der Waals surface area (Å²) in [5.74, 6) is 0.180. The molecule has 1 aromatic rings. The molecule has 6 heteroatoms. The minimum absolute atomic E-state index is 0.0499. The van der Waals surface area contributed by atoms with E-state index in [2.05, 4.69) is 20.5 Å². The summed E-state index contributed by atoms with van der Waals surface area (Å²) in [6.45, 7) is 6.41. The van der Waals surface area contributed by atoms with Crippen molar-refractivity contribution in [2.45, 2.75) is 32.7 Å². The molecule has 1 fully saturated rings. The lowest BCUT2D eigenvalue weighted by Gasteiger charge is -2.28. The Morgan fingerprint density at radius 2 is 2.16 bits per heavy atom. The summed E-state index contributed by atoms with van der Waals surface area (Å²) in [7, 11) is 0. The number of carbonyl (C=O) groups excluding carboxylic acids is 1. The second kappa shape index (κ2) is 7.23. The van der Waals surface area contributed by atoms with E-state index >= 15 is 0 Å². The number of amides is 1. The van der Waals surface area contributed by atoms with E-state index in [1.165, 1.54) is 19.3 Å². The van der Waals surface area contributed by atoms with Crippen LogP contribution in [0.25, 0.3) is 0 Å². The number of likely N-dealkylation sites (tertiary alicyclic amines) is 1. The van der Waals surface area contributed by atoms with E-state index in [4.69, 9.17) is 0 Å². The highest BCUT2D eigenvalue weighted by Crippen LogP contribution is 2.10. The quantitative estimate of drug-likeness (QED) is 0.814. The number of rotatable bonds is 6. The topological polar surface area (TPSA) is 63.1 Å². The first-order valence-electron chi connectivity index (χ1n) is 7.10.